The number of rotatable bonds is 4. The average molecular weight is 372 g/mol. The summed E-state index contributed by atoms with van der Waals surface area (Å²) in [6.07, 6.45) is 4.47. The van der Waals surface area contributed by atoms with Crippen LogP contribution < -0.4 is 0 Å². The fraction of sp³-hybridized carbons (Fsp3) is 0.333. The Kier molecular flexibility index (Phi) is 4.92. The first kappa shape index (κ1) is 18.3. The molecule has 0 fully saturated rings. The van der Waals surface area contributed by atoms with Gasteiger partial charge in [-0.1, -0.05) is 31.2 Å². The van der Waals surface area contributed by atoms with Crippen molar-refractivity contribution in [3.8, 4) is 6.07 Å². The number of esters is 1. The Balaban J connectivity index is 1.99. The van der Waals surface area contributed by atoms with E-state index in [-0.39, 0.29) is 5.97 Å². The number of benzene rings is 2. The highest BCUT2D eigenvalue weighted by molar-refractivity contribution is 6.04. The van der Waals surface area contributed by atoms with E-state index in [1.807, 2.05) is 36.4 Å². The lowest BCUT2D eigenvalue weighted by Crippen LogP contribution is -2.15. The molecule has 1 aromatic heterocycles. The molecule has 142 valence electrons. The molecule has 0 spiro atoms. The number of fused-ring (bicyclic) bond motifs is 3. The van der Waals surface area contributed by atoms with E-state index in [9.17, 15) is 10.1 Å². The molecule has 4 rings (SSSR count). The Bertz CT molecular complexity index is 1090. The van der Waals surface area contributed by atoms with Crippen molar-refractivity contribution in [2.75, 3.05) is 7.11 Å². The highest BCUT2D eigenvalue weighted by atomic mass is 16.5. The van der Waals surface area contributed by atoms with E-state index in [0.29, 0.717) is 23.6 Å². The fourth-order valence-electron chi connectivity index (χ4n) is 4.65. The van der Waals surface area contributed by atoms with Crippen molar-refractivity contribution in [3.63, 3.8) is 0 Å². The van der Waals surface area contributed by atoms with E-state index in [4.69, 9.17) is 4.74 Å². The predicted octanol–water partition coefficient (Wildman–Crippen LogP) is 5.18. The van der Waals surface area contributed by atoms with Crippen LogP contribution in [-0.4, -0.2) is 17.6 Å². The largest absolute Gasteiger partial charge is 0.465 e. The molecule has 0 saturated carbocycles. The smallest absolute Gasteiger partial charge is 0.340 e. The molecular formula is C24H24N2O2. The number of hydrogen-bond donors (Lipinski definition) is 0. The monoisotopic (exact) mass is 372 g/mol. The van der Waals surface area contributed by atoms with E-state index >= 15 is 0 Å². The van der Waals surface area contributed by atoms with Crippen molar-refractivity contribution >= 4 is 16.9 Å². The maximum atomic E-state index is 12.5. The summed E-state index contributed by atoms with van der Waals surface area (Å²) in [5.74, 6) is 0.182. The van der Waals surface area contributed by atoms with E-state index in [1.54, 1.807) is 0 Å². The number of carbonyl (C=O) groups excluding carboxylic acids is 1. The first-order valence-electron chi connectivity index (χ1n) is 9.89. The van der Waals surface area contributed by atoms with Crippen LogP contribution in [0.25, 0.3) is 10.9 Å². The van der Waals surface area contributed by atoms with Crippen LogP contribution in [0.5, 0.6) is 0 Å². The minimum absolute atomic E-state index is 0.305. The highest BCUT2D eigenvalue weighted by Crippen LogP contribution is 2.41. The van der Waals surface area contributed by atoms with Crippen molar-refractivity contribution in [1.82, 2.24) is 4.57 Å². The summed E-state index contributed by atoms with van der Waals surface area (Å²) in [5.41, 5.74) is 6.02. The lowest BCUT2D eigenvalue weighted by Gasteiger charge is -2.25. The summed E-state index contributed by atoms with van der Waals surface area (Å²) < 4.78 is 7.38. The quantitative estimate of drug-likeness (QED) is 0.593. The van der Waals surface area contributed by atoms with Gasteiger partial charge >= 0.3 is 5.97 Å². The van der Waals surface area contributed by atoms with Crippen LogP contribution in [0.1, 0.15) is 64.8 Å². The number of aromatic nitrogens is 1. The Morgan fingerprint density at radius 1 is 1.29 bits per heavy atom. The minimum atomic E-state index is -0.305. The summed E-state index contributed by atoms with van der Waals surface area (Å²) in [5, 5.41) is 10.4. The van der Waals surface area contributed by atoms with Crippen molar-refractivity contribution in [3.05, 3.63) is 70.4 Å². The van der Waals surface area contributed by atoms with Gasteiger partial charge in [-0.3, -0.25) is 0 Å². The molecule has 0 aliphatic heterocycles. The number of methoxy groups -OCH3 is 1. The van der Waals surface area contributed by atoms with Crippen LogP contribution in [0.15, 0.2) is 42.5 Å². The molecule has 4 nitrogen and oxygen atoms in total. The molecule has 1 aliphatic rings. The van der Waals surface area contributed by atoms with Gasteiger partial charge in [0.2, 0.25) is 0 Å². The standard InChI is InChI=1S/C24H24N2O2/c1-3-18-9-5-10-19-20-11-6-12-21(24(27)28-2)23(20)26(22(18)19)15-17-8-4-7-16(13-17)14-25/h4,6-8,11-13,18H,3,5,9-10,15H2,1-2H3. The topological polar surface area (TPSA) is 55.0 Å². The number of aryl methyl sites for hydroxylation is 1. The zero-order chi connectivity index (χ0) is 19.7. The summed E-state index contributed by atoms with van der Waals surface area (Å²) in [4.78, 5) is 12.5. The number of nitrogens with zero attached hydrogens (tertiary/aromatic N) is 2. The van der Waals surface area contributed by atoms with E-state index in [0.717, 1.165) is 29.3 Å². The first-order chi connectivity index (χ1) is 13.7. The maximum Gasteiger partial charge on any atom is 0.340 e. The number of hydrogen-bond acceptors (Lipinski definition) is 3. The Morgan fingerprint density at radius 3 is 2.86 bits per heavy atom. The molecule has 0 saturated heterocycles. The summed E-state index contributed by atoms with van der Waals surface area (Å²) in [6.45, 7) is 2.88. The Labute approximate surface area is 165 Å². The molecule has 0 radical (unpaired) electrons. The van der Waals surface area contributed by atoms with E-state index in [1.165, 1.54) is 31.2 Å². The van der Waals surface area contributed by atoms with Crippen molar-refractivity contribution in [2.24, 2.45) is 0 Å². The summed E-state index contributed by atoms with van der Waals surface area (Å²) >= 11 is 0. The van der Waals surface area contributed by atoms with Gasteiger partial charge in [-0.05, 0) is 60.9 Å². The van der Waals surface area contributed by atoms with Crippen molar-refractivity contribution < 1.29 is 9.53 Å². The second-order valence-corrected chi connectivity index (χ2v) is 7.45. The summed E-state index contributed by atoms with van der Waals surface area (Å²) in [6, 6.07) is 15.9. The highest BCUT2D eigenvalue weighted by Gasteiger charge is 2.29. The lowest BCUT2D eigenvalue weighted by atomic mass is 9.85. The number of nitriles is 1. The van der Waals surface area contributed by atoms with Crippen LogP contribution >= 0.6 is 0 Å². The zero-order valence-corrected chi connectivity index (χ0v) is 16.4. The number of ether oxygens (including phenoxy) is 1. The van der Waals surface area contributed by atoms with Gasteiger partial charge in [0.25, 0.3) is 0 Å². The molecule has 4 heteroatoms. The number of para-hydroxylation sites is 1. The van der Waals surface area contributed by atoms with Gasteiger partial charge in [-0.2, -0.15) is 5.26 Å². The van der Waals surface area contributed by atoms with Gasteiger partial charge in [0, 0.05) is 17.6 Å². The van der Waals surface area contributed by atoms with Gasteiger partial charge in [-0.25, -0.2) is 4.79 Å². The maximum absolute atomic E-state index is 12.5. The third kappa shape index (κ3) is 2.97. The molecule has 2 aromatic carbocycles. The van der Waals surface area contributed by atoms with E-state index in [2.05, 4.69) is 23.6 Å². The molecule has 1 aliphatic carbocycles. The normalized spacial score (nSPS) is 15.8. The first-order valence-corrected chi connectivity index (χ1v) is 9.89. The SMILES string of the molecule is CCC1CCCc2c1n(Cc1cccc(C#N)c1)c1c(C(=O)OC)cccc21. The second-order valence-electron chi connectivity index (χ2n) is 7.45. The molecule has 0 N–H and O–H groups in total. The van der Waals surface area contributed by atoms with E-state index < -0.39 is 0 Å². The molecular weight excluding hydrogens is 348 g/mol. The molecule has 1 heterocycles. The van der Waals surface area contributed by atoms with Gasteiger partial charge in [-0.15, -0.1) is 0 Å². The molecule has 0 amide bonds. The lowest BCUT2D eigenvalue weighted by molar-refractivity contribution is 0.0602. The predicted molar refractivity (Wildman–Crippen MR) is 110 cm³/mol. The second kappa shape index (κ2) is 7.52. The van der Waals surface area contributed by atoms with Gasteiger partial charge in [0.15, 0.2) is 0 Å². The fourth-order valence-corrected chi connectivity index (χ4v) is 4.65. The third-order valence-electron chi connectivity index (χ3n) is 5.89. The molecule has 1 atom stereocenters. The van der Waals surface area contributed by atoms with Crippen LogP contribution in [0.4, 0.5) is 0 Å². The summed E-state index contributed by atoms with van der Waals surface area (Å²) in [7, 11) is 1.43. The molecule has 3 aromatic rings. The van der Waals surface area contributed by atoms with Crippen LogP contribution in [0.3, 0.4) is 0 Å². The molecule has 0 bridgehead atoms. The molecule has 1 unspecified atom stereocenters. The van der Waals surface area contributed by atoms with Crippen LogP contribution in [0, 0.1) is 11.3 Å². The van der Waals surface area contributed by atoms with Gasteiger partial charge in [0.1, 0.15) is 0 Å². The van der Waals surface area contributed by atoms with Gasteiger partial charge in [0.05, 0.1) is 29.8 Å². The Morgan fingerprint density at radius 2 is 2.11 bits per heavy atom. The van der Waals surface area contributed by atoms with Crippen molar-refractivity contribution in [1.29, 1.82) is 5.26 Å². The minimum Gasteiger partial charge on any atom is -0.465 e. The Hall–Kier alpha value is -3.06. The molecule has 28 heavy (non-hydrogen) atoms. The number of carbonyl (C=O) groups is 1. The third-order valence-corrected chi connectivity index (χ3v) is 5.89. The average Bonchev–Trinajstić information content (AvgIpc) is 3.07. The van der Waals surface area contributed by atoms with Gasteiger partial charge < -0.3 is 9.30 Å². The zero-order valence-electron chi connectivity index (χ0n) is 16.4. The van der Waals surface area contributed by atoms with Crippen LogP contribution in [-0.2, 0) is 17.7 Å². The van der Waals surface area contributed by atoms with Crippen LogP contribution in [0.2, 0.25) is 0 Å². The van der Waals surface area contributed by atoms with Crippen molar-refractivity contribution in [2.45, 2.75) is 45.1 Å².